The molecule has 0 bridgehead atoms. The lowest BCUT2D eigenvalue weighted by molar-refractivity contribution is 0.0368. The molecule has 22 heavy (non-hydrogen) atoms. The monoisotopic (exact) mass is 327 g/mol. The summed E-state index contributed by atoms with van der Waals surface area (Å²) in [5.74, 6) is 0.994. The van der Waals surface area contributed by atoms with Gasteiger partial charge in [-0.1, -0.05) is 32.9 Å². The smallest absolute Gasteiger partial charge is 0.119 e. The van der Waals surface area contributed by atoms with Gasteiger partial charge < -0.3 is 9.47 Å². The molecular formula is C18H30ClNO2. The number of nitrogens with zero attached hydrogens (tertiary/aromatic N) is 1. The zero-order valence-corrected chi connectivity index (χ0v) is 15.0. The fraction of sp³-hybridized carbons (Fsp3) is 0.667. The molecule has 1 saturated heterocycles. The van der Waals surface area contributed by atoms with E-state index >= 15 is 0 Å². The normalized spacial score (nSPS) is 16.1. The molecule has 2 rings (SSSR count). The number of unbranched alkanes of at least 4 members (excludes halogenated alkanes) is 1. The summed E-state index contributed by atoms with van der Waals surface area (Å²) in [6, 6.07) is 8.48. The van der Waals surface area contributed by atoms with Crippen molar-refractivity contribution in [1.82, 2.24) is 4.90 Å². The van der Waals surface area contributed by atoms with E-state index in [-0.39, 0.29) is 17.8 Å². The minimum Gasteiger partial charge on any atom is -0.494 e. The molecule has 1 heterocycles. The molecule has 0 aromatic heterocycles. The molecule has 4 heteroatoms. The van der Waals surface area contributed by atoms with Crippen LogP contribution in [0.3, 0.4) is 0 Å². The van der Waals surface area contributed by atoms with Gasteiger partial charge in [-0.25, -0.2) is 0 Å². The second-order valence-electron chi connectivity index (χ2n) is 6.79. The minimum absolute atomic E-state index is 0. The Bertz CT molecular complexity index is 425. The average Bonchev–Trinajstić information content (AvgIpc) is 2.47. The number of halogens is 1. The Hall–Kier alpha value is -0.770. The van der Waals surface area contributed by atoms with Crippen molar-refractivity contribution in [2.45, 2.75) is 39.0 Å². The second kappa shape index (κ2) is 9.39. The van der Waals surface area contributed by atoms with Gasteiger partial charge in [-0.2, -0.15) is 0 Å². The van der Waals surface area contributed by atoms with Crippen LogP contribution >= 0.6 is 12.4 Å². The minimum atomic E-state index is 0. The van der Waals surface area contributed by atoms with Crippen LogP contribution in [0.4, 0.5) is 0 Å². The van der Waals surface area contributed by atoms with Gasteiger partial charge >= 0.3 is 0 Å². The lowest BCUT2D eigenvalue weighted by Crippen LogP contribution is -2.36. The highest BCUT2D eigenvalue weighted by Gasteiger charge is 2.14. The van der Waals surface area contributed by atoms with Crippen LogP contribution in [0.15, 0.2) is 24.3 Å². The van der Waals surface area contributed by atoms with Gasteiger partial charge in [-0.05, 0) is 42.5 Å². The van der Waals surface area contributed by atoms with E-state index in [1.54, 1.807) is 0 Å². The molecule has 0 radical (unpaired) electrons. The SMILES string of the molecule is CC(C)(C)c1cccc(OCCCCN2CCOCC2)c1.Cl. The number of benzene rings is 1. The van der Waals surface area contributed by atoms with Crippen LogP contribution in [0.1, 0.15) is 39.2 Å². The molecule has 0 atom stereocenters. The quantitative estimate of drug-likeness (QED) is 0.740. The van der Waals surface area contributed by atoms with Crippen LogP contribution in [0, 0.1) is 0 Å². The largest absolute Gasteiger partial charge is 0.494 e. The maximum Gasteiger partial charge on any atom is 0.119 e. The van der Waals surface area contributed by atoms with Crippen LogP contribution in [-0.2, 0) is 10.2 Å². The zero-order chi connectivity index (χ0) is 15.1. The number of hydrogen-bond acceptors (Lipinski definition) is 3. The third-order valence-corrected chi connectivity index (χ3v) is 3.94. The Morgan fingerprint density at radius 2 is 1.86 bits per heavy atom. The van der Waals surface area contributed by atoms with Crippen LogP contribution in [0.5, 0.6) is 5.75 Å². The first-order chi connectivity index (χ1) is 10.1. The van der Waals surface area contributed by atoms with Crippen molar-refractivity contribution < 1.29 is 9.47 Å². The summed E-state index contributed by atoms with van der Waals surface area (Å²) in [4.78, 5) is 2.48. The molecule has 1 aliphatic rings. The number of rotatable bonds is 6. The van der Waals surface area contributed by atoms with Crippen molar-refractivity contribution in [3.05, 3.63) is 29.8 Å². The Morgan fingerprint density at radius 1 is 1.14 bits per heavy atom. The van der Waals surface area contributed by atoms with Gasteiger partial charge in [-0.15, -0.1) is 12.4 Å². The fourth-order valence-electron chi connectivity index (χ4n) is 2.50. The predicted octanol–water partition coefficient (Wildman–Crippen LogP) is 3.90. The van der Waals surface area contributed by atoms with Gasteiger partial charge in [0.25, 0.3) is 0 Å². The molecular weight excluding hydrogens is 298 g/mol. The third-order valence-electron chi connectivity index (χ3n) is 3.94. The first-order valence-corrected chi connectivity index (χ1v) is 8.09. The van der Waals surface area contributed by atoms with Crippen molar-refractivity contribution in [2.75, 3.05) is 39.5 Å². The van der Waals surface area contributed by atoms with Gasteiger partial charge in [0.05, 0.1) is 19.8 Å². The number of hydrogen-bond donors (Lipinski definition) is 0. The highest BCUT2D eigenvalue weighted by Crippen LogP contribution is 2.25. The van der Waals surface area contributed by atoms with E-state index in [0.29, 0.717) is 0 Å². The molecule has 1 aliphatic heterocycles. The Labute approximate surface area is 141 Å². The van der Waals surface area contributed by atoms with Crippen molar-refractivity contribution in [1.29, 1.82) is 0 Å². The Balaban J connectivity index is 0.00000242. The highest BCUT2D eigenvalue weighted by molar-refractivity contribution is 5.85. The summed E-state index contributed by atoms with van der Waals surface area (Å²) in [5, 5.41) is 0. The van der Waals surface area contributed by atoms with Crippen LogP contribution in [0.25, 0.3) is 0 Å². The molecule has 1 fully saturated rings. The van der Waals surface area contributed by atoms with E-state index in [1.807, 2.05) is 0 Å². The van der Waals surface area contributed by atoms with Crippen molar-refractivity contribution in [3.63, 3.8) is 0 Å². The van der Waals surface area contributed by atoms with Crippen LogP contribution in [0.2, 0.25) is 0 Å². The molecule has 0 spiro atoms. The molecule has 3 nitrogen and oxygen atoms in total. The first kappa shape index (κ1) is 19.3. The molecule has 1 aromatic carbocycles. The Kier molecular flexibility index (Phi) is 8.23. The van der Waals surface area contributed by atoms with E-state index in [9.17, 15) is 0 Å². The molecule has 0 amide bonds. The van der Waals surface area contributed by atoms with Crippen LogP contribution in [-0.4, -0.2) is 44.4 Å². The van der Waals surface area contributed by atoms with Crippen molar-refractivity contribution in [2.24, 2.45) is 0 Å². The summed E-state index contributed by atoms with van der Waals surface area (Å²) in [6.45, 7) is 12.6. The van der Waals surface area contributed by atoms with Gasteiger partial charge in [0.2, 0.25) is 0 Å². The third kappa shape index (κ3) is 6.55. The van der Waals surface area contributed by atoms with E-state index in [0.717, 1.165) is 51.6 Å². The van der Waals surface area contributed by atoms with Crippen molar-refractivity contribution >= 4 is 12.4 Å². The highest BCUT2D eigenvalue weighted by atomic mass is 35.5. The Morgan fingerprint density at radius 3 is 2.55 bits per heavy atom. The molecule has 0 N–H and O–H groups in total. The molecule has 0 aliphatic carbocycles. The first-order valence-electron chi connectivity index (χ1n) is 8.09. The van der Waals surface area contributed by atoms with Gasteiger partial charge in [0.1, 0.15) is 5.75 Å². The second-order valence-corrected chi connectivity index (χ2v) is 6.79. The van der Waals surface area contributed by atoms with E-state index in [4.69, 9.17) is 9.47 Å². The van der Waals surface area contributed by atoms with E-state index in [2.05, 4.69) is 49.9 Å². The van der Waals surface area contributed by atoms with Crippen LogP contribution < -0.4 is 4.74 Å². The number of morpholine rings is 1. The molecule has 0 unspecified atom stereocenters. The summed E-state index contributed by atoms with van der Waals surface area (Å²) in [7, 11) is 0. The van der Waals surface area contributed by atoms with E-state index < -0.39 is 0 Å². The standard InChI is InChI=1S/C18H29NO2.ClH/c1-18(2,3)16-7-6-8-17(15-16)21-12-5-4-9-19-10-13-20-14-11-19;/h6-8,15H,4-5,9-14H2,1-3H3;1H. The summed E-state index contributed by atoms with van der Waals surface area (Å²) in [6.07, 6.45) is 2.30. The maximum absolute atomic E-state index is 5.89. The van der Waals surface area contributed by atoms with Gasteiger partial charge in [-0.3, -0.25) is 4.90 Å². The summed E-state index contributed by atoms with van der Waals surface area (Å²) < 4.78 is 11.2. The van der Waals surface area contributed by atoms with Gasteiger partial charge in [0, 0.05) is 13.1 Å². The summed E-state index contributed by atoms with van der Waals surface area (Å²) >= 11 is 0. The van der Waals surface area contributed by atoms with E-state index in [1.165, 1.54) is 12.0 Å². The zero-order valence-electron chi connectivity index (χ0n) is 14.1. The molecule has 126 valence electrons. The molecule has 0 saturated carbocycles. The maximum atomic E-state index is 5.89. The lowest BCUT2D eigenvalue weighted by atomic mass is 9.87. The van der Waals surface area contributed by atoms with Gasteiger partial charge in [0.15, 0.2) is 0 Å². The summed E-state index contributed by atoms with van der Waals surface area (Å²) in [5.41, 5.74) is 1.50. The number of ether oxygens (including phenoxy) is 2. The predicted molar refractivity (Wildman–Crippen MR) is 94.4 cm³/mol. The topological polar surface area (TPSA) is 21.7 Å². The van der Waals surface area contributed by atoms with Crippen molar-refractivity contribution in [3.8, 4) is 5.75 Å². The lowest BCUT2D eigenvalue weighted by Gasteiger charge is -2.26. The fourth-order valence-corrected chi connectivity index (χ4v) is 2.50. The molecule has 1 aromatic rings. The average molecular weight is 328 g/mol.